The largest absolute Gasteiger partial charge is 0.493 e. The Labute approximate surface area is 204 Å². The Bertz CT molecular complexity index is 1220. The Morgan fingerprint density at radius 1 is 1.06 bits per heavy atom. The number of nitrogens with one attached hydrogen (secondary N) is 1. The number of carbonyl (C=O) groups excluding carboxylic acids is 2. The highest BCUT2D eigenvalue weighted by molar-refractivity contribution is 7.89. The van der Waals surface area contributed by atoms with E-state index in [1.807, 2.05) is 6.92 Å². The number of piperazine rings is 1. The molecule has 10 nitrogen and oxygen atoms in total. The summed E-state index contributed by atoms with van der Waals surface area (Å²) in [6.45, 7) is 2.77. The number of hydrogen-bond acceptors (Lipinski definition) is 7. The summed E-state index contributed by atoms with van der Waals surface area (Å²) >= 11 is 0. The first-order valence-corrected chi connectivity index (χ1v) is 12.8. The molecule has 2 aliphatic heterocycles. The smallest absolute Gasteiger partial charge is 0.265 e. The molecule has 35 heavy (non-hydrogen) atoms. The van der Waals surface area contributed by atoms with E-state index in [1.165, 1.54) is 23.5 Å². The molecule has 0 saturated carbocycles. The minimum atomic E-state index is -3.80. The lowest BCUT2D eigenvalue weighted by atomic mass is 10.1. The van der Waals surface area contributed by atoms with Gasteiger partial charge in [-0.1, -0.05) is 13.0 Å². The Balaban J connectivity index is 1.40. The summed E-state index contributed by atoms with van der Waals surface area (Å²) in [5.41, 5.74) is 1.12. The van der Waals surface area contributed by atoms with Gasteiger partial charge in [0.15, 0.2) is 17.6 Å². The summed E-state index contributed by atoms with van der Waals surface area (Å²) < 4.78 is 44.0. The van der Waals surface area contributed by atoms with E-state index in [9.17, 15) is 18.0 Å². The third kappa shape index (κ3) is 5.06. The zero-order chi connectivity index (χ0) is 25.2. The Hall–Kier alpha value is -3.31. The third-order valence-corrected chi connectivity index (χ3v) is 8.07. The molecule has 2 heterocycles. The van der Waals surface area contributed by atoms with Crippen LogP contribution < -0.4 is 19.5 Å². The maximum atomic E-state index is 13.2. The lowest BCUT2D eigenvalue weighted by molar-refractivity contribution is -0.131. The molecule has 1 saturated heterocycles. The first-order chi connectivity index (χ1) is 16.8. The number of nitrogens with zero attached hydrogens (tertiary/aromatic N) is 2. The molecule has 0 unspecified atom stereocenters. The van der Waals surface area contributed by atoms with Crippen LogP contribution in [0.3, 0.4) is 0 Å². The number of hydrogen-bond donors (Lipinski definition) is 1. The molecule has 4 rings (SSSR count). The summed E-state index contributed by atoms with van der Waals surface area (Å²) in [5.74, 6) is 1.19. The number of benzene rings is 2. The van der Waals surface area contributed by atoms with Gasteiger partial charge in [0.05, 0.1) is 31.2 Å². The van der Waals surface area contributed by atoms with Crippen molar-refractivity contribution in [3.05, 3.63) is 42.0 Å². The quantitative estimate of drug-likeness (QED) is 0.614. The van der Waals surface area contributed by atoms with Gasteiger partial charge in [0.25, 0.3) is 5.91 Å². The topological polar surface area (TPSA) is 114 Å². The lowest BCUT2D eigenvalue weighted by Crippen LogP contribution is -2.50. The number of sulfonamides is 1. The fraction of sp³-hybridized carbons (Fsp3) is 0.417. The summed E-state index contributed by atoms with van der Waals surface area (Å²) in [6.07, 6.45) is 0.103. The van der Waals surface area contributed by atoms with Crippen molar-refractivity contribution in [3.63, 3.8) is 0 Å². The molecule has 0 aromatic heterocycles. The van der Waals surface area contributed by atoms with Gasteiger partial charge in [0.2, 0.25) is 15.9 Å². The maximum absolute atomic E-state index is 13.2. The fourth-order valence-electron chi connectivity index (χ4n) is 4.16. The van der Waals surface area contributed by atoms with Crippen molar-refractivity contribution < 1.29 is 32.2 Å². The maximum Gasteiger partial charge on any atom is 0.265 e. The zero-order valence-electron chi connectivity index (χ0n) is 19.9. The van der Waals surface area contributed by atoms with Crippen LogP contribution in [0, 0.1) is 0 Å². The van der Waals surface area contributed by atoms with Gasteiger partial charge in [0.1, 0.15) is 5.75 Å². The van der Waals surface area contributed by atoms with E-state index in [4.69, 9.17) is 14.2 Å². The highest BCUT2D eigenvalue weighted by Crippen LogP contribution is 2.33. The van der Waals surface area contributed by atoms with E-state index in [-0.39, 0.29) is 49.3 Å². The molecule has 2 amide bonds. The monoisotopic (exact) mass is 503 g/mol. The summed E-state index contributed by atoms with van der Waals surface area (Å²) in [5, 5.41) is 2.72. The minimum Gasteiger partial charge on any atom is -0.493 e. The highest BCUT2D eigenvalue weighted by Gasteiger charge is 2.32. The zero-order valence-corrected chi connectivity index (χ0v) is 20.8. The van der Waals surface area contributed by atoms with Gasteiger partial charge >= 0.3 is 0 Å². The van der Waals surface area contributed by atoms with Crippen LogP contribution in [0.5, 0.6) is 17.2 Å². The van der Waals surface area contributed by atoms with E-state index >= 15 is 0 Å². The second-order valence-corrected chi connectivity index (χ2v) is 10.3. The molecule has 2 aliphatic rings. The van der Waals surface area contributed by atoms with E-state index in [0.29, 0.717) is 29.4 Å². The number of fused-ring (bicyclic) bond motifs is 1. The SMILES string of the molecule is CC[C@@H]1Oc2ccc(S(=O)(=O)N3CCN(C(=O)Cc4ccc(OC)c(OC)c4)CC3)cc2NC1=O. The van der Waals surface area contributed by atoms with Crippen LogP contribution in [-0.4, -0.2) is 75.9 Å². The number of amides is 2. The van der Waals surface area contributed by atoms with Crippen LogP contribution in [0.25, 0.3) is 0 Å². The van der Waals surface area contributed by atoms with Crippen LogP contribution in [-0.2, 0) is 26.0 Å². The average Bonchev–Trinajstić information content (AvgIpc) is 2.87. The van der Waals surface area contributed by atoms with Crippen molar-refractivity contribution in [2.45, 2.75) is 30.8 Å². The molecule has 2 aromatic carbocycles. The first kappa shape index (κ1) is 24.8. The number of methoxy groups -OCH3 is 2. The molecule has 1 N–H and O–H groups in total. The average molecular weight is 504 g/mol. The molecule has 0 bridgehead atoms. The van der Waals surface area contributed by atoms with Crippen molar-refractivity contribution in [1.82, 2.24) is 9.21 Å². The van der Waals surface area contributed by atoms with Gasteiger partial charge in [-0.2, -0.15) is 4.31 Å². The van der Waals surface area contributed by atoms with Crippen molar-refractivity contribution >= 4 is 27.5 Å². The van der Waals surface area contributed by atoms with Gasteiger partial charge in [0, 0.05) is 26.2 Å². The fourth-order valence-corrected chi connectivity index (χ4v) is 5.61. The van der Waals surface area contributed by atoms with Gasteiger partial charge in [-0.25, -0.2) is 8.42 Å². The van der Waals surface area contributed by atoms with Crippen LogP contribution >= 0.6 is 0 Å². The normalized spacial score (nSPS) is 18.3. The van der Waals surface area contributed by atoms with Gasteiger partial charge in [-0.3, -0.25) is 9.59 Å². The van der Waals surface area contributed by atoms with Crippen molar-refractivity contribution in [1.29, 1.82) is 0 Å². The summed E-state index contributed by atoms with van der Waals surface area (Å²) in [4.78, 5) is 26.7. The standard InChI is InChI=1S/C24H29N3O7S/c1-4-19-24(29)25-18-15-17(6-8-20(18)34-19)35(30,31)27-11-9-26(10-12-27)23(28)14-16-5-7-21(32-2)22(13-16)33-3/h5-8,13,15,19H,4,9-12,14H2,1-3H3,(H,25,29)/t19-/m0/s1. The van der Waals surface area contributed by atoms with Crippen LogP contribution in [0.15, 0.2) is 41.3 Å². The molecule has 1 atom stereocenters. The number of anilines is 1. The second kappa shape index (κ2) is 10.1. The van der Waals surface area contributed by atoms with Gasteiger partial charge < -0.3 is 24.4 Å². The summed E-state index contributed by atoms with van der Waals surface area (Å²) in [6, 6.07) is 9.78. The summed E-state index contributed by atoms with van der Waals surface area (Å²) in [7, 11) is -0.715. The molecule has 1 fully saturated rings. The predicted molar refractivity (Wildman–Crippen MR) is 128 cm³/mol. The minimum absolute atomic E-state index is 0.0696. The molecule has 0 aliphatic carbocycles. The van der Waals surface area contributed by atoms with Gasteiger partial charge in [-0.15, -0.1) is 0 Å². The van der Waals surface area contributed by atoms with Crippen molar-refractivity contribution in [3.8, 4) is 17.2 Å². The second-order valence-electron chi connectivity index (χ2n) is 8.31. The highest BCUT2D eigenvalue weighted by atomic mass is 32.2. The van der Waals surface area contributed by atoms with E-state index in [0.717, 1.165) is 5.56 Å². The molecule has 2 aromatic rings. The van der Waals surface area contributed by atoms with Crippen LogP contribution in [0.1, 0.15) is 18.9 Å². The lowest BCUT2D eigenvalue weighted by Gasteiger charge is -2.34. The molecule has 11 heteroatoms. The van der Waals surface area contributed by atoms with Crippen molar-refractivity contribution in [2.24, 2.45) is 0 Å². The molecule has 0 radical (unpaired) electrons. The molecular formula is C24H29N3O7S. The predicted octanol–water partition coefficient (Wildman–Crippen LogP) is 1.89. The van der Waals surface area contributed by atoms with E-state index in [1.54, 1.807) is 36.3 Å². The molecule has 0 spiro atoms. The molecular weight excluding hydrogens is 474 g/mol. The van der Waals surface area contributed by atoms with Crippen LogP contribution in [0.4, 0.5) is 5.69 Å². The van der Waals surface area contributed by atoms with Crippen molar-refractivity contribution in [2.75, 3.05) is 45.7 Å². The Morgan fingerprint density at radius 3 is 2.43 bits per heavy atom. The third-order valence-electron chi connectivity index (χ3n) is 6.17. The Kier molecular flexibility index (Phi) is 7.18. The number of ether oxygens (including phenoxy) is 3. The molecule has 188 valence electrons. The van der Waals surface area contributed by atoms with Crippen LogP contribution in [0.2, 0.25) is 0 Å². The van der Waals surface area contributed by atoms with E-state index < -0.39 is 16.1 Å². The van der Waals surface area contributed by atoms with Gasteiger partial charge in [-0.05, 0) is 42.3 Å². The number of carbonyl (C=O) groups is 2. The van der Waals surface area contributed by atoms with E-state index in [2.05, 4.69) is 5.32 Å². The Morgan fingerprint density at radius 2 is 1.77 bits per heavy atom. The first-order valence-electron chi connectivity index (χ1n) is 11.4. The number of rotatable bonds is 7.